The van der Waals surface area contributed by atoms with Crippen LogP contribution < -0.4 is 5.73 Å². The maximum absolute atomic E-state index is 12.3. The van der Waals surface area contributed by atoms with E-state index >= 15 is 0 Å². The van der Waals surface area contributed by atoms with Gasteiger partial charge in [0.1, 0.15) is 0 Å². The molecular weight excluding hydrogens is 350 g/mol. The number of hydrogen-bond donors (Lipinski definition) is 1. The van der Waals surface area contributed by atoms with Crippen LogP contribution in [0.5, 0.6) is 0 Å². The van der Waals surface area contributed by atoms with E-state index in [4.69, 9.17) is 17.3 Å². The van der Waals surface area contributed by atoms with Crippen LogP contribution in [0.3, 0.4) is 0 Å². The molecule has 0 fully saturated rings. The summed E-state index contributed by atoms with van der Waals surface area (Å²) in [5.41, 5.74) is 6.28. The standard InChI is InChI=1S/C10H6BrClF3N3O/c11-5-3-4(1-2-6(5)12)7(16)8-17-9(19-18-8)10(13,14)15/h1-3,7H,16H2. The lowest BCUT2D eigenvalue weighted by atomic mass is 10.1. The van der Waals surface area contributed by atoms with Crippen LogP contribution in [-0.2, 0) is 6.18 Å². The molecule has 9 heteroatoms. The Kier molecular flexibility index (Phi) is 3.84. The lowest BCUT2D eigenvalue weighted by molar-refractivity contribution is -0.159. The summed E-state index contributed by atoms with van der Waals surface area (Å²) in [6.07, 6.45) is -4.69. The predicted molar refractivity (Wildman–Crippen MR) is 64.5 cm³/mol. The van der Waals surface area contributed by atoms with E-state index < -0.39 is 18.1 Å². The second-order valence-electron chi connectivity index (χ2n) is 3.61. The molecule has 1 heterocycles. The third kappa shape index (κ3) is 3.07. The van der Waals surface area contributed by atoms with Crippen molar-refractivity contribution in [3.8, 4) is 0 Å². The molecule has 0 aliphatic rings. The zero-order chi connectivity index (χ0) is 14.2. The van der Waals surface area contributed by atoms with E-state index in [-0.39, 0.29) is 5.82 Å². The smallest absolute Gasteiger partial charge is 0.329 e. The predicted octanol–water partition coefficient (Wildman–Crippen LogP) is 3.55. The van der Waals surface area contributed by atoms with E-state index in [1.807, 2.05) is 0 Å². The fourth-order valence-electron chi connectivity index (χ4n) is 1.33. The van der Waals surface area contributed by atoms with Crippen molar-refractivity contribution in [1.29, 1.82) is 0 Å². The van der Waals surface area contributed by atoms with Crippen molar-refractivity contribution in [2.45, 2.75) is 12.2 Å². The number of hydrogen-bond acceptors (Lipinski definition) is 4. The molecule has 2 N–H and O–H groups in total. The lowest BCUT2D eigenvalue weighted by Crippen LogP contribution is -2.14. The highest BCUT2D eigenvalue weighted by atomic mass is 79.9. The van der Waals surface area contributed by atoms with Gasteiger partial charge in [0.05, 0.1) is 11.1 Å². The van der Waals surface area contributed by atoms with Gasteiger partial charge in [-0.05, 0) is 33.6 Å². The third-order valence-corrected chi connectivity index (χ3v) is 3.48. The van der Waals surface area contributed by atoms with Crippen LogP contribution in [0.2, 0.25) is 5.02 Å². The highest BCUT2D eigenvalue weighted by molar-refractivity contribution is 9.10. The summed E-state index contributed by atoms with van der Waals surface area (Å²) in [5, 5.41) is 3.69. The molecule has 0 bridgehead atoms. The third-order valence-electron chi connectivity index (χ3n) is 2.27. The zero-order valence-corrected chi connectivity index (χ0v) is 11.4. The van der Waals surface area contributed by atoms with Crippen molar-refractivity contribution in [2.24, 2.45) is 5.73 Å². The minimum atomic E-state index is -4.69. The first-order chi connectivity index (χ1) is 8.79. The number of rotatable bonds is 2. The Morgan fingerprint density at radius 1 is 1.37 bits per heavy atom. The van der Waals surface area contributed by atoms with Crippen molar-refractivity contribution in [3.05, 3.63) is 45.0 Å². The van der Waals surface area contributed by atoms with Gasteiger partial charge in [0.2, 0.25) is 0 Å². The molecule has 0 saturated carbocycles. The van der Waals surface area contributed by atoms with Gasteiger partial charge in [-0.25, -0.2) is 0 Å². The van der Waals surface area contributed by atoms with E-state index in [9.17, 15) is 13.2 Å². The average Bonchev–Trinajstić information content (AvgIpc) is 2.81. The first-order valence-electron chi connectivity index (χ1n) is 4.90. The fourth-order valence-corrected chi connectivity index (χ4v) is 1.85. The van der Waals surface area contributed by atoms with Crippen LogP contribution in [-0.4, -0.2) is 10.1 Å². The highest BCUT2D eigenvalue weighted by Crippen LogP contribution is 2.30. The second kappa shape index (κ2) is 5.10. The monoisotopic (exact) mass is 355 g/mol. The van der Waals surface area contributed by atoms with Crippen LogP contribution in [0.4, 0.5) is 13.2 Å². The number of nitrogens with two attached hydrogens (primary N) is 1. The van der Waals surface area contributed by atoms with Crippen molar-refractivity contribution in [3.63, 3.8) is 0 Å². The summed E-state index contributed by atoms with van der Waals surface area (Å²) in [6.45, 7) is 0. The largest absolute Gasteiger partial charge is 0.471 e. The summed E-state index contributed by atoms with van der Waals surface area (Å²) in [4.78, 5) is 3.23. The summed E-state index contributed by atoms with van der Waals surface area (Å²) in [5.74, 6) is -1.67. The SMILES string of the molecule is NC(c1ccc(Cl)c(Br)c1)c1noc(C(F)(F)F)n1. The van der Waals surface area contributed by atoms with Crippen LogP contribution in [0.15, 0.2) is 27.2 Å². The Balaban J connectivity index is 2.31. The van der Waals surface area contributed by atoms with E-state index in [0.717, 1.165) is 0 Å². The molecule has 1 aromatic carbocycles. The first kappa shape index (κ1) is 14.3. The Hall–Kier alpha value is -1.12. The minimum absolute atomic E-state index is 0.249. The van der Waals surface area contributed by atoms with Crippen molar-refractivity contribution >= 4 is 27.5 Å². The van der Waals surface area contributed by atoms with Gasteiger partial charge in [0.25, 0.3) is 0 Å². The molecule has 0 saturated heterocycles. The number of aromatic nitrogens is 2. The zero-order valence-electron chi connectivity index (χ0n) is 9.08. The van der Waals surface area contributed by atoms with E-state index in [1.165, 1.54) is 0 Å². The Morgan fingerprint density at radius 3 is 2.58 bits per heavy atom. The van der Waals surface area contributed by atoms with Gasteiger partial charge in [-0.1, -0.05) is 22.8 Å². The maximum Gasteiger partial charge on any atom is 0.471 e. The number of halogens is 5. The van der Waals surface area contributed by atoms with E-state index in [0.29, 0.717) is 15.1 Å². The molecule has 0 amide bonds. The number of nitrogens with zero attached hydrogens (tertiary/aromatic N) is 2. The average molecular weight is 357 g/mol. The molecule has 0 radical (unpaired) electrons. The van der Waals surface area contributed by atoms with E-state index in [1.54, 1.807) is 18.2 Å². The van der Waals surface area contributed by atoms with E-state index in [2.05, 4.69) is 30.6 Å². The van der Waals surface area contributed by atoms with Crippen LogP contribution >= 0.6 is 27.5 Å². The lowest BCUT2D eigenvalue weighted by Gasteiger charge is -2.08. The summed E-state index contributed by atoms with van der Waals surface area (Å²) in [6, 6.07) is 3.78. The quantitative estimate of drug-likeness (QED) is 0.894. The van der Waals surface area contributed by atoms with Gasteiger partial charge in [-0.2, -0.15) is 18.2 Å². The highest BCUT2D eigenvalue weighted by Gasteiger charge is 2.39. The van der Waals surface area contributed by atoms with Gasteiger partial charge in [0, 0.05) is 4.47 Å². The molecule has 2 aromatic rings. The molecule has 0 aliphatic carbocycles. The topological polar surface area (TPSA) is 64.9 Å². The normalized spacial score (nSPS) is 13.6. The van der Waals surface area contributed by atoms with Gasteiger partial charge >= 0.3 is 12.1 Å². The Labute approximate surface area is 118 Å². The Bertz CT molecular complexity index is 602. The molecule has 19 heavy (non-hydrogen) atoms. The van der Waals surface area contributed by atoms with Crippen LogP contribution in [0.25, 0.3) is 0 Å². The molecule has 0 spiro atoms. The number of benzene rings is 1. The Morgan fingerprint density at radius 2 is 2.05 bits per heavy atom. The summed E-state index contributed by atoms with van der Waals surface area (Å²) < 4.78 is 41.7. The van der Waals surface area contributed by atoms with Gasteiger partial charge in [-0.3, -0.25) is 0 Å². The molecule has 1 atom stereocenters. The second-order valence-corrected chi connectivity index (χ2v) is 4.87. The summed E-state index contributed by atoms with van der Waals surface area (Å²) >= 11 is 9.00. The molecule has 4 nitrogen and oxygen atoms in total. The molecular formula is C10H6BrClF3N3O. The first-order valence-corrected chi connectivity index (χ1v) is 6.07. The molecule has 102 valence electrons. The van der Waals surface area contributed by atoms with Gasteiger partial charge in [0.15, 0.2) is 5.82 Å². The van der Waals surface area contributed by atoms with Crippen molar-refractivity contribution in [2.75, 3.05) is 0 Å². The summed E-state index contributed by atoms with van der Waals surface area (Å²) in [7, 11) is 0. The van der Waals surface area contributed by atoms with Crippen LogP contribution in [0.1, 0.15) is 23.3 Å². The minimum Gasteiger partial charge on any atom is -0.329 e. The molecule has 2 rings (SSSR count). The van der Waals surface area contributed by atoms with Crippen LogP contribution in [0, 0.1) is 0 Å². The van der Waals surface area contributed by atoms with Gasteiger partial charge < -0.3 is 10.3 Å². The van der Waals surface area contributed by atoms with Gasteiger partial charge in [-0.15, -0.1) is 0 Å². The maximum atomic E-state index is 12.3. The van der Waals surface area contributed by atoms with Crippen molar-refractivity contribution in [1.82, 2.24) is 10.1 Å². The molecule has 0 aliphatic heterocycles. The molecule has 1 unspecified atom stereocenters. The fraction of sp³-hybridized carbons (Fsp3) is 0.200. The molecule has 1 aromatic heterocycles. The number of alkyl halides is 3. The van der Waals surface area contributed by atoms with Crippen molar-refractivity contribution < 1.29 is 17.7 Å².